The van der Waals surface area contributed by atoms with Crippen LogP contribution in [-0.2, 0) is 23.9 Å². The Labute approximate surface area is 419 Å². The number of nitrogens with one attached hydrogen (secondary N) is 5. The molecule has 5 atom stereocenters. The first-order valence-electron chi connectivity index (χ1n) is 25.1. The summed E-state index contributed by atoms with van der Waals surface area (Å²) in [6.07, 6.45) is 9.89. The third-order valence-corrected chi connectivity index (χ3v) is 12.7. The van der Waals surface area contributed by atoms with Crippen molar-refractivity contribution >= 4 is 35.6 Å². The van der Waals surface area contributed by atoms with E-state index in [0.29, 0.717) is 69.6 Å². The molecule has 71 heavy (non-hydrogen) atoms. The predicted octanol–water partition coefficient (Wildman–Crippen LogP) is 5.00. The highest BCUT2D eigenvalue weighted by Crippen LogP contribution is 2.33. The molecule has 3 heterocycles. The second-order valence-electron chi connectivity index (χ2n) is 19.8. The van der Waals surface area contributed by atoms with E-state index in [0.717, 1.165) is 61.2 Å². The van der Waals surface area contributed by atoms with E-state index in [4.69, 9.17) is 21.1 Å². The minimum Gasteiger partial charge on any atom is -0.453 e. The molecule has 2 saturated heterocycles. The largest absolute Gasteiger partial charge is 0.453 e. The van der Waals surface area contributed by atoms with Gasteiger partial charge in [-0.3, -0.25) is 19.4 Å². The second-order valence-corrected chi connectivity index (χ2v) is 19.8. The summed E-state index contributed by atoms with van der Waals surface area (Å²) in [7, 11) is 4.91. The molecular weight excluding hydrogens is 907 g/mol. The molecule has 0 saturated carbocycles. The lowest BCUT2D eigenvalue weighted by Crippen LogP contribution is -2.54. The van der Waals surface area contributed by atoms with Gasteiger partial charge >= 0.3 is 12.2 Å². The van der Waals surface area contributed by atoms with Gasteiger partial charge in [0.1, 0.15) is 23.4 Å². The molecule has 2 aliphatic rings. The van der Waals surface area contributed by atoms with Crippen molar-refractivity contribution in [3.05, 3.63) is 72.3 Å². The average Bonchev–Trinajstić information content (AvgIpc) is 4.15. The van der Waals surface area contributed by atoms with E-state index in [1.165, 1.54) is 12.1 Å². The molecule has 5 unspecified atom stereocenters. The monoisotopic (exact) mass is 986 g/mol. The van der Waals surface area contributed by atoms with Crippen LogP contribution in [0, 0.1) is 5.92 Å². The lowest BCUT2D eigenvalue weighted by Gasteiger charge is -2.30. The molecule has 0 spiro atoms. The third kappa shape index (κ3) is 16.4. The van der Waals surface area contributed by atoms with Gasteiger partial charge in [-0.25, -0.2) is 20.1 Å². The van der Waals surface area contributed by atoms with Crippen molar-refractivity contribution in [3.8, 4) is 16.8 Å². The Balaban J connectivity index is 1.18. The molecule has 5 rings (SSSR count). The molecule has 5 amide bonds. The van der Waals surface area contributed by atoms with Gasteiger partial charge in [-0.15, -0.1) is 5.10 Å². The molecule has 2 aromatic carbocycles. The Morgan fingerprint density at radius 1 is 0.817 bits per heavy atom. The number of aromatic nitrogens is 3. The zero-order valence-electron chi connectivity index (χ0n) is 43.0. The SMILES string of the molecule is CNCCCCC(NC(=O)C(CC(C)C)NC(=O)OC)C(=O)N1CCCC1c1cn(-c2ccc(-c3ccc(N(N)/C=C(\N)C4CCCN4C(=O)C(CCCCNC(=O)OC(C)(C)C)NC)cc3)cc2)nn1. The number of likely N-dealkylation sites (N-methyl/N-ethyl adjacent to an activating group) is 1. The summed E-state index contributed by atoms with van der Waals surface area (Å²) < 4.78 is 11.8. The van der Waals surface area contributed by atoms with Crippen LogP contribution in [-0.4, -0.2) is 132 Å². The number of ether oxygens (including phenoxy) is 2. The van der Waals surface area contributed by atoms with Crippen molar-refractivity contribution in [1.82, 2.24) is 51.4 Å². The number of alkyl carbamates (subject to hydrolysis) is 2. The number of hydrogen-bond donors (Lipinski definition) is 7. The van der Waals surface area contributed by atoms with Crippen molar-refractivity contribution in [2.24, 2.45) is 17.5 Å². The van der Waals surface area contributed by atoms with Gasteiger partial charge < -0.3 is 51.6 Å². The van der Waals surface area contributed by atoms with Crippen LogP contribution in [0.1, 0.15) is 117 Å². The number of methoxy groups -OCH3 is 1. The zero-order valence-corrected chi connectivity index (χ0v) is 43.0. The van der Waals surface area contributed by atoms with E-state index in [9.17, 15) is 24.0 Å². The third-order valence-electron chi connectivity index (χ3n) is 12.7. The summed E-state index contributed by atoms with van der Waals surface area (Å²) >= 11 is 0. The number of likely N-dealkylation sites (tertiary alicyclic amines) is 2. The number of hydrazine groups is 1. The number of nitrogens with zero attached hydrogens (tertiary/aromatic N) is 6. The number of amides is 5. The number of carbonyl (C=O) groups excluding carboxylic acids is 5. The number of anilines is 1. The first-order chi connectivity index (χ1) is 33.9. The smallest absolute Gasteiger partial charge is 0.407 e. The number of hydrogen-bond acceptors (Lipinski definition) is 14. The normalized spacial score (nSPS) is 17.4. The summed E-state index contributed by atoms with van der Waals surface area (Å²) in [5.41, 5.74) is 10.7. The lowest BCUT2D eigenvalue weighted by atomic mass is 10.0. The summed E-state index contributed by atoms with van der Waals surface area (Å²) in [6, 6.07) is 13.1. The van der Waals surface area contributed by atoms with Gasteiger partial charge in [0, 0.05) is 31.5 Å². The van der Waals surface area contributed by atoms with Gasteiger partial charge in [-0.2, -0.15) is 0 Å². The molecule has 2 fully saturated rings. The molecule has 3 aromatic rings. The maximum atomic E-state index is 14.3. The van der Waals surface area contributed by atoms with E-state index in [1.54, 1.807) is 22.8 Å². The first-order valence-corrected chi connectivity index (χ1v) is 25.1. The van der Waals surface area contributed by atoms with Gasteiger partial charge in [0.05, 0.1) is 42.8 Å². The molecule has 20 nitrogen and oxygen atoms in total. The quantitative estimate of drug-likeness (QED) is 0.0355. The number of unbranched alkanes of at least 4 members (excludes halogenated alkanes) is 2. The van der Waals surface area contributed by atoms with Gasteiger partial charge in [0.2, 0.25) is 17.7 Å². The summed E-state index contributed by atoms with van der Waals surface area (Å²) in [4.78, 5) is 69.3. The van der Waals surface area contributed by atoms with Crippen LogP contribution in [0.25, 0.3) is 16.8 Å². The maximum Gasteiger partial charge on any atom is 0.407 e. The number of carbonyl (C=O) groups is 5. The molecule has 1 aromatic heterocycles. The Hall–Kier alpha value is -6.25. The molecule has 9 N–H and O–H groups in total. The van der Waals surface area contributed by atoms with Gasteiger partial charge in [0.15, 0.2) is 0 Å². The molecule has 0 radical (unpaired) electrons. The standard InChI is InChI=1S/C51H79N13O7/c1-34(2)31-42(58-50(69)70-8)46(65)57-41(16-9-11-27-54-6)48(67)62-30-14-18-45(62)43-33-64(60-59-43)38-25-21-36(22-26-38)35-19-23-37(24-20-35)63(53)32-39(52)44-17-13-29-61(44)47(66)40(55-7)15-10-12-28-56-49(68)71-51(3,4)5/h19-26,32-34,40-42,44-45,54-55H,9-18,27-31,52-53H2,1-8H3,(H,56,68)(H,57,65)(H,58,69)/b39-32-. The van der Waals surface area contributed by atoms with Crippen molar-refractivity contribution in [2.75, 3.05) is 52.4 Å². The first kappa shape index (κ1) is 55.7. The minimum absolute atomic E-state index is 0.00898. The highest BCUT2D eigenvalue weighted by molar-refractivity contribution is 5.91. The van der Waals surface area contributed by atoms with Crippen molar-refractivity contribution in [2.45, 2.75) is 141 Å². The van der Waals surface area contributed by atoms with Crippen LogP contribution < -0.4 is 43.2 Å². The van der Waals surface area contributed by atoms with Crippen LogP contribution >= 0.6 is 0 Å². The van der Waals surface area contributed by atoms with E-state index < -0.39 is 35.8 Å². The average molecular weight is 986 g/mol. The van der Waals surface area contributed by atoms with E-state index in [-0.39, 0.29) is 35.9 Å². The van der Waals surface area contributed by atoms with E-state index in [1.807, 2.05) is 101 Å². The second kappa shape index (κ2) is 26.8. The summed E-state index contributed by atoms with van der Waals surface area (Å²) in [5.74, 6) is 6.02. The van der Waals surface area contributed by atoms with Crippen LogP contribution in [0.3, 0.4) is 0 Å². The van der Waals surface area contributed by atoms with Crippen LogP contribution in [0.15, 0.2) is 66.6 Å². The number of nitrogens with two attached hydrogens (primary N) is 2. The van der Waals surface area contributed by atoms with Crippen LogP contribution in [0.5, 0.6) is 0 Å². The molecular formula is C51H79N13O7. The maximum absolute atomic E-state index is 14.3. The molecule has 20 heteroatoms. The summed E-state index contributed by atoms with van der Waals surface area (Å²) in [6.45, 7) is 11.8. The fourth-order valence-electron chi connectivity index (χ4n) is 9.08. The van der Waals surface area contributed by atoms with E-state index >= 15 is 0 Å². The lowest BCUT2D eigenvalue weighted by molar-refractivity contribution is -0.138. The Morgan fingerprint density at radius 2 is 1.44 bits per heavy atom. The molecule has 0 bridgehead atoms. The van der Waals surface area contributed by atoms with Gasteiger partial charge in [-0.1, -0.05) is 43.3 Å². The predicted molar refractivity (Wildman–Crippen MR) is 274 cm³/mol. The van der Waals surface area contributed by atoms with Crippen LogP contribution in [0.2, 0.25) is 0 Å². The van der Waals surface area contributed by atoms with Crippen molar-refractivity contribution in [1.29, 1.82) is 0 Å². The highest BCUT2D eigenvalue weighted by Gasteiger charge is 2.38. The molecule has 0 aliphatic carbocycles. The van der Waals surface area contributed by atoms with Crippen molar-refractivity contribution < 1.29 is 33.4 Å². The van der Waals surface area contributed by atoms with Crippen LogP contribution in [0.4, 0.5) is 15.3 Å². The molecule has 2 aliphatic heterocycles. The number of benzene rings is 2. The molecule has 390 valence electrons. The fourth-order valence-corrected chi connectivity index (χ4v) is 9.08. The fraction of sp³-hybridized carbons (Fsp3) is 0.588. The van der Waals surface area contributed by atoms with Gasteiger partial charge in [0.25, 0.3) is 0 Å². The minimum atomic E-state index is -0.849. The number of rotatable bonds is 24. The topological polar surface area (TPSA) is 256 Å². The Kier molecular flexibility index (Phi) is 21.0. The van der Waals surface area contributed by atoms with Gasteiger partial charge in [-0.05, 0) is 153 Å². The Bertz CT molecular complexity index is 2230. The summed E-state index contributed by atoms with van der Waals surface area (Å²) in [5, 5.41) is 25.1. The Morgan fingerprint density at radius 3 is 2.07 bits per heavy atom. The van der Waals surface area contributed by atoms with E-state index in [2.05, 4.69) is 36.9 Å². The van der Waals surface area contributed by atoms with Crippen molar-refractivity contribution in [3.63, 3.8) is 0 Å². The zero-order chi connectivity index (χ0) is 51.7. The highest BCUT2D eigenvalue weighted by atomic mass is 16.6.